The summed E-state index contributed by atoms with van der Waals surface area (Å²) in [5, 5.41) is 2.68. The highest BCUT2D eigenvalue weighted by atomic mass is 16.5. The first-order valence-corrected chi connectivity index (χ1v) is 4.28. The van der Waals surface area contributed by atoms with E-state index in [9.17, 15) is 4.79 Å². The lowest BCUT2D eigenvalue weighted by Gasteiger charge is -2.02. The molecule has 0 bridgehead atoms. The summed E-state index contributed by atoms with van der Waals surface area (Å²) in [6.45, 7) is 0.224. The molecule has 4 heteroatoms. The van der Waals surface area contributed by atoms with Gasteiger partial charge in [-0.05, 0) is 24.3 Å². The maximum atomic E-state index is 10.9. The van der Waals surface area contributed by atoms with E-state index in [0.29, 0.717) is 5.84 Å². The molecule has 0 atom stereocenters. The van der Waals surface area contributed by atoms with Crippen molar-refractivity contribution in [1.82, 2.24) is 5.32 Å². The molecular formula is C10H10N2O2. The Morgan fingerprint density at radius 2 is 2.07 bits per heavy atom. The number of hydrogen-bond acceptors (Lipinski definition) is 3. The van der Waals surface area contributed by atoms with E-state index in [1.165, 1.54) is 0 Å². The van der Waals surface area contributed by atoms with Gasteiger partial charge in [0, 0.05) is 5.56 Å². The highest BCUT2D eigenvalue weighted by Crippen LogP contribution is 2.12. The van der Waals surface area contributed by atoms with Gasteiger partial charge in [-0.25, -0.2) is 0 Å². The second-order valence-corrected chi connectivity index (χ2v) is 2.94. The molecule has 0 saturated carbocycles. The monoisotopic (exact) mass is 190 g/mol. The number of methoxy groups -OCH3 is 1. The molecule has 0 radical (unpaired) electrons. The van der Waals surface area contributed by atoms with Crippen LogP contribution in [0.1, 0.15) is 5.56 Å². The summed E-state index contributed by atoms with van der Waals surface area (Å²) in [7, 11) is 1.61. The second kappa shape index (κ2) is 3.49. The van der Waals surface area contributed by atoms with E-state index in [4.69, 9.17) is 4.74 Å². The number of ether oxygens (including phenoxy) is 1. The van der Waals surface area contributed by atoms with Crippen molar-refractivity contribution in [3.05, 3.63) is 29.8 Å². The lowest BCUT2D eigenvalue weighted by atomic mass is 10.2. The number of nitrogens with zero attached hydrogens (tertiary/aromatic N) is 1. The SMILES string of the molecule is COc1ccc(C2=NCC(=O)N2)cc1. The summed E-state index contributed by atoms with van der Waals surface area (Å²) < 4.78 is 5.03. The first kappa shape index (κ1) is 8.74. The van der Waals surface area contributed by atoms with Crippen molar-refractivity contribution in [3.63, 3.8) is 0 Å². The fourth-order valence-electron chi connectivity index (χ4n) is 1.27. The molecule has 4 nitrogen and oxygen atoms in total. The standard InChI is InChI=1S/C10H10N2O2/c1-14-8-4-2-7(3-5-8)10-11-6-9(13)12-10/h2-5H,6H2,1H3,(H,11,12,13). The van der Waals surface area contributed by atoms with E-state index < -0.39 is 0 Å². The van der Waals surface area contributed by atoms with Crippen molar-refractivity contribution < 1.29 is 9.53 Å². The molecule has 1 N–H and O–H groups in total. The smallest absolute Gasteiger partial charge is 0.247 e. The third kappa shape index (κ3) is 1.59. The second-order valence-electron chi connectivity index (χ2n) is 2.94. The van der Waals surface area contributed by atoms with Gasteiger partial charge in [-0.1, -0.05) is 0 Å². The summed E-state index contributed by atoms with van der Waals surface area (Å²) in [5.74, 6) is 1.37. The van der Waals surface area contributed by atoms with Gasteiger partial charge in [-0.2, -0.15) is 0 Å². The number of carbonyl (C=O) groups is 1. The highest BCUT2D eigenvalue weighted by Gasteiger charge is 2.14. The van der Waals surface area contributed by atoms with E-state index in [1.54, 1.807) is 7.11 Å². The summed E-state index contributed by atoms with van der Waals surface area (Å²) >= 11 is 0. The molecule has 0 aromatic heterocycles. The Morgan fingerprint density at radius 3 is 2.57 bits per heavy atom. The summed E-state index contributed by atoms with van der Waals surface area (Å²) in [6.07, 6.45) is 0. The molecule has 0 unspecified atom stereocenters. The normalized spacial score (nSPS) is 14.9. The van der Waals surface area contributed by atoms with Crippen molar-refractivity contribution in [2.45, 2.75) is 0 Å². The van der Waals surface area contributed by atoms with Crippen LogP contribution in [-0.4, -0.2) is 25.4 Å². The summed E-state index contributed by atoms with van der Waals surface area (Å²) in [6, 6.07) is 7.40. The Balaban J connectivity index is 2.21. The Kier molecular flexibility index (Phi) is 2.18. The number of nitrogens with one attached hydrogen (secondary N) is 1. The predicted octanol–water partition coefficient (Wildman–Crippen LogP) is 0.572. The van der Waals surface area contributed by atoms with Gasteiger partial charge in [0.15, 0.2) is 0 Å². The van der Waals surface area contributed by atoms with Crippen LogP contribution in [0.5, 0.6) is 5.75 Å². The molecule has 0 saturated heterocycles. The van der Waals surface area contributed by atoms with Gasteiger partial charge in [-0.15, -0.1) is 0 Å². The predicted molar refractivity (Wildman–Crippen MR) is 52.5 cm³/mol. The Hall–Kier alpha value is -1.84. The van der Waals surface area contributed by atoms with E-state index in [1.807, 2.05) is 24.3 Å². The summed E-state index contributed by atoms with van der Waals surface area (Å²) in [5.41, 5.74) is 0.900. The number of carbonyl (C=O) groups excluding carboxylic acids is 1. The van der Waals surface area contributed by atoms with Gasteiger partial charge >= 0.3 is 0 Å². The molecular weight excluding hydrogens is 180 g/mol. The van der Waals surface area contributed by atoms with Crippen LogP contribution < -0.4 is 10.1 Å². The lowest BCUT2D eigenvalue weighted by molar-refractivity contribution is -0.117. The van der Waals surface area contributed by atoms with Crippen LogP contribution in [0.2, 0.25) is 0 Å². The van der Waals surface area contributed by atoms with Crippen molar-refractivity contribution in [2.75, 3.05) is 13.7 Å². The minimum absolute atomic E-state index is 0.0594. The zero-order valence-corrected chi connectivity index (χ0v) is 7.78. The molecule has 72 valence electrons. The molecule has 1 aromatic carbocycles. The van der Waals surface area contributed by atoms with Gasteiger partial charge in [0.1, 0.15) is 18.1 Å². The Morgan fingerprint density at radius 1 is 1.36 bits per heavy atom. The molecule has 14 heavy (non-hydrogen) atoms. The van der Waals surface area contributed by atoms with E-state index in [0.717, 1.165) is 11.3 Å². The maximum Gasteiger partial charge on any atom is 0.247 e. The summed E-state index contributed by atoms with van der Waals surface area (Å²) in [4.78, 5) is 15.0. The number of aliphatic imine (C=N–C) groups is 1. The largest absolute Gasteiger partial charge is 0.497 e. The minimum Gasteiger partial charge on any atom is -0.497 e. The van der Waals surface area contributed by atoms with Crippen LogP contribution in [0, 0.1) is 0 Å². The number of amides is 1. The zero-order chi connectivity index (χ0) is 9.97. The average molecular weight is 190 g/mol. The number of benzene rings is 1. The maximum absolute atomic E-state index is 10.9. The average Bonchev–Trinajstić information content (AvgIpc) is 2.65. The van der Waals surface area contributed by atoms with Gasteiger partial charge in [-0.3, -0.25) is 9.79 Å². The fraction of sp³-hybridized carbons (Fsp3) is 0.200. The third-order valence-corrected chi connectivity index (χ3v) is 2.00. The van der Waals surface area contributed by atoms with Crippen molar-refractivity contribution >= 4 is 11.7 Å². The number of rotatable bonds is 2. The number of hydrogen-bond donors (Lipinski definition) is 1. The van der Waals surface area contributed by atoms with Gasteiger partial charge in [0.05, 0.1) is 7.11 Å². The van der Waals surface area contributed by atoms with Crippen molar-refractivity contribution in [1.29, 1.82) is 0 Å². The van der Waals surface area contributed by atoms with Gasteiger partial charge in [0.2, 0.25) is 5.91 Å². The Labute approximate surface area is 81.6 Å². The van der Waals surface area contributed by atoms with E-state index in [2.05, 4.69) is 10.3 Å². The zero-order valence-electron chi connectivity index (χ0n) is 7.78. The molecule has 0 spiro atoms. The van der Waals surface area contributed by atoms with Crippen LogP contribution in [-0.2, 0) is 4.79 Å². The molecule has 1 aliphatic heterocycles. The first-order chi connectivity index (χ1) is 6.79. The molecule has 0 aliphatic carbocycles. The van der Waals surface area contributed by atoms with Crippen molar-refractivity contribution in [3.8, 4) is 5.75 Å². The van der Waals surface area contributed by atoms with Gasteiger partial charge < -0.3 is 10.1 Å². The molecule has 1 aliphatic rings. The fourth-order valence-corrected chi connectivity index (χ4v) is 1.27. The van der Waals surface area contributed by atoms with Crippen LogP contribution in [0.4, 0.5) is 0 Å². The Bertz CT molecular complexity index is 382. The van der Waals surface area contributed by atoms with Crippen LogP contribution in [0.25, 0.3) is 0 Å². The van der Waals surface area contributed by atoms with Crippen molar-refractivity contribution in [2.24, 2.45) is 4.99 Å². The van der Waals surface area contributed by atoms with E-state index in [-0.39, 0.29) is 12.5 Å². The topological polar surface area (TPSA) is 50.7 Å². The molecule has 2 rings (SSSR count). The van der Waals surface area contributed by atoms with Crippen LogP contribution in [0.15, 0.2) is 29.3 Å². The minimum atomic E-state index is -0.0594. The first-order valence-electron chi connectivity index (χ1n) is 4.28. The lowest BCUT2D eigenvalue weighted by Crippen LogP contribution is -2.25. The molecule has 1 heterocycles. The molecule has 1 amide bonds. The van der Waals surface area contributed by atoms with Crippen LogP contribution >= 0.6 is 0 Å². The van der Waals surface area contributed by atoms with E-state index >= 15 is 0 Å². The molecule has 1 aromatic rings. The number of amidine groups is 1. The quantitative estimate of drug-likeness (QED) is 0.741. The highest BCUT2D eigenvalue weighted by molar-refractivity contribution is 6.12. The van der Waals surface area contributed by atoms with Crippen LogP contribution in [0.3, 0.4) is 0 Å². The van der Waals surface area contributed by atoms with Gasteiger partial charge in [0.25, 0.3) is 0 Å². The third-order valence-electron chi connectivity index (χ3n) is 2.00. The molecule has 0 fully saturated rings.